The van der Waals surface area contributed by atoms with E-state index in [1.807, 2.05) is 44.2 Å². The maximum absolute atomic E-state index is 10.5. The first-order chi connectivity index (χ1) is 14.7. The van der Waals surface area contributed by atoms with Gasteiger partial charge in [-0.05, 0) is 32.4 Å². The molecule has 0 aromatic heterocycles. The lowest BCUT2D eigenvalue weighted by Gasteiger charge is -2.41. The largest absolute Gasteiger partial charge is 0.504 e. The lowest BCUT2D eigenvalue weighted by atomic mass is 10.1. The summed E-state index contributed by atoms with van der Waals surface area (Å²) in [6.07, 6.45) is 0.721. The lowest BCUT2D eigenvalue weighted by molar-refractivity contribution is 0.0490. The molecule has 1 atom stereocenters. The fourth-order valence-corrected chi connectivity index (χ4v) is 4.09. The highest BCUT2D eigenvalue weighted by Crippen LogP contribution is 2.31. The Balaban J connectivity index is 1.68. The molecule has 2 aromatic carbocycles. The normalized spacial score (nSPS) is 17.8. The summed E-state index contributed by atoms with van der Waals surface area (Å²) in [5.74, 6) is 1.70. The van der Waals surface area contributed by atoms with Gasteiger partial charge in [0, 0.05) is 56.5 Å². The third-order valence-corrected chi connectivity index (χ3v) is 5.57. The minimum atomic E-state index is 0.160. The summed E-state index contributed by atoms with van der Waals surface area (Å²) in [6.45, 7) is 9.36. The average Bonchev–Trinajstić information content (AvgIpc) is 2.75. The van der Waals surface area contributed by atoms with Gasteiger partial charge in [0.1, 0.15) is 5.75 Å². The lowest BCUT2D eigenvalue weighted by Crippen LogP contribution is -2.52. The molecule has 0 saturated carbocycles. The van der Waals surface area contributed by atoms with Crippen LogP contribution in [0.3, 0.4) is 0 Å². The number of phenolic OH excluding ortho intramolecular Hbond substituents is 1. The highest BCUT2D eigenvalue weighted by Gasteiger charge is 2.28. The number of benzene rings is 2. The summed E-state index contributed by atoms with van der Waals surface area (Å²) in [5, 5.41) is 20.2. The summed E-state index contributed by atoms with van der Waals surface area (Å²) < 4.78 is 11.3. The number of aliphatic hydroxyl groups excluding tert-OH is 1. The van der Waals surface area contributed by atoms with E-state index >= 15 is 0 Å². The van der Waals surface area contributed by atoms with Crippen LogP contribution in [0.25, 0.3) is 0 Å². The van der Waals surface area contributed by atoms with Crippen molar-refractivity contribution in [2.45, 2.75) is 39.4 Å². The Morgan fingerprint density at radius 3 is 2.37 bits per heavy atom. The number of piperazine rings is 1. The van der Waals surface area contributed by atoms with Crippen LogP contribution in [-0.4, -0.2) is 65.5 Å². The van der Waals surface area contributed by atoms with Gasteiger partial charge in [0.2, 0.25) is 0 Å². The topological polar surface area (TPSA) is 65.4 Å². The summed E-state index contributed by atoms with van der Waals surface area (Å²) in [4.78, 5) is 4.77. The molecular weight excluding hydrogens is 380 g/mol. The van der Waals surface area contributed by atoms with Gasteiger partial charge in [-0.15, -0.1) is 0 Å². The van der Waals surface area contributed by atoms with Gasteiger partial charge in [-0.2, -0.15) is 0 Å². The molecule has 1 heterocycles. The molecule has 1 fully saturated rings. The Kier molecular flexibility index (Phi) is 8.37. The number of nitrogens with zero attached hydrogens (tertiary/aromatic N) is 2. The van der Waals surface area contributed by atoms with E-state index in [-0.39, 0.29) is 18.4 Å². The number of hydrogen-bond donors (Lipinski definition) is 2. The van der Waals surface area contributed by atoms with E-state index < -0.39 is 0 Å². The molecule has 2 aromatic rings. The molecule has 1 aliphatic rings. The maximum Gasteiger partial charge on any atom is 0.162 e. The van der Waals surface area contributed by atoms with Crippen molar-refractivity contribution in [2.24, 2.45) is 0 Å². The highest BCUT2D eigenvalue weighted by molar-refractivity contribution is 5.45. The van der Waals surface area contributed by atoms with Crippen molar-refractivity contribution < 1.29 is 19.7 Å². The van der Waals surface area contributed by atoms with Crippen molar-refractivity contribution in [1.29, 1.82) is 0 Å². The van der Waals surface area contributed by atoms with E-state index in [1.54, 1.807) is 6.07 Å². The molecular formula is C24H34N2O4. The Morgan fingerprint density at radius 2 is 1.60 bits per heavy atom. The van der Waals surface area contributed by atoms with Gasteiger partial charge in [0.05, 0.1) is 13.2 Å². The first-order valence-electron chi connectivity index (χ1n) is 10.9. The number of hydrogen-bond acceptors (Lipinski definition) is 6. The fourth-order valence-electron chi connectivity index (χ4n) is 4.09. The Labute approximate surface area is 179 Å². The van der Waals surface area contributed by atoms with Gasteiger partial charge in [-0.3, -0.25) is 9.80 Å². The number of aliphatic hydroxyl groups is 1. The van der Waals surface area contributed by atoms with Crippen LogP contribution < -0.4 is 9.47 Å². The second-order valence-corrected chi connectivity index (χ2v) is 7.61. The highest BCUT2D eigenvalue weighted by atomic mass is 16.5. The van der Waals surface area contributed by atoms with Gasteiger partial charge in [-0.25, -0.2) is 0 Å². The monoisotopic (exact) mass is 414 g/mol. The third kappa shape index (κ3) is 5.65. The molecule has 0 aliphatic carbocycles. The summed E-state index contributed by atoms with van der Waals surface area (Å²) in [5.41, 5.74) is 2.05. The van der Waals surface area contributed by atoms with Crippen molar-refractivity contribution in [3.8, 4) is 17.2 Å². The molecule has 1 aliphatic heterocycles. The minimum absolute atomic E-state index is 0.160. The second-order valence-electron chi connectivity index (χ2n) is 7.61. The standard InChI is InChI=1S/C24H34N2O4/c1-3-29-22-10-6-5-8-19(22)17-26-14-13-25(18-21(26)12-15-27)16-20-9-7-11-23(24(20)28)30-4-2/h5-11,21,27-28H,3-4,12-18H2,1-2H3/t21-/m1/s1. The minimum Gasteiger partial charge on any atom is -0.504 e. The van der Waals surface area contributed by atoms with Crippen LogP contribution >= 0.6 is 0 Å². The molecule has 0 radical (unpaired) electrons. The van der Waals surface area contributed by atoms with E-state index in [2.05, 4.69) is 15.9 Å². The number of para-hydroxylation sites is 2. The first-order valence-corrected chi connectivity index (χ1v) is 10.9. The smallest absolute Gasteiger partial charge is 0.162 e. The average molecular weight is 415 g/mol. The molecule has 6 heteroatoms. The third-order valence-electron chi connectivity index (χ3n) is 5.57. The van der Waals surface area contributed by atoms with Crippen LogP contribution in [0.5, 0.6) is 17.2 Å². The predicted octanol–water partition coefficient (Wildman–Crippen LogP) is 3.26. The maximum atomic E-state index is 10.5. The molecule has 1 saturated heterocycles. The number of rotatable bonds is 10. The SMILES string of the molecule is CCOc1ccccc1CN1CCN(Cc2cccc(OCC)c2O)C[C@H]1CCO. The van der Waals surface area contributed by atoms with Gasteiger partial charge < -0.3 is 19.7 Å². The van der Waals surface area contributed by atoms with Crippen molar-refractivity contribution in [3.05, 3.63) is 53.6 Å². The van der Waals surface area contributed by atoms with Crippen molar-refractivity contribution in [2.75, 3.05) is 39.5 Å². The van der Waals surface area contributed by atoms with Crippen LogP contribution in [0.4, 0.5) is 0 Å². The molecule has 0 amide bonds. The van der Waals surface area contributed by atoms with Crippen LogP contribution in [0.1, 0.15) is 31.4 Å². The molecule has 3 rings (SSSR count). The van der Waals surface area contributed by atoms with E-state index in [0.29, 0.717) is 25.5 Å². The molecule has 164 valence electrons. The molecule has 0 unspecified atom stereocenters. The summed E-state index contributed by atoms with van der Waals surface area (Å²) in [6, 6.07) is 14.1. The zero-order valence-corrected chi connectivity index (χ0v) is 18.1. The van der Waals surface area contributed by atoms with Crippen molar-refractivity contribution >= 4 is 0 Å². The van der Waals surface area contributed by atoms with Gasteiger partial charge in [0.15, 0.2) is 11.5 Å². The van der Waals surface area contributed by atoms with E-state index in [1.165, 1.54) is 5.56 Å². The van der Waals surface area contributed by atoms with Crippen molar-refractivity contribution in [3.63, 3.8) is 0 Å². The molecule has 6 nitrogen and oxygen atoms in total. The van der Waals surface area contributed by atoms with E-state index in [4.69, 9.17) is 9.47 Å². The first kappa shape index (κ1) is 22.4. The molecule has 0 bridgehead atoms. The van der Waals surface area contributed by atoms with Gasteiger partial charge in [0.25, 0.3) is 0 Å². The second kappa shape index (κ2) is 11.2. The van der Waals surface area contributed by atoms with Crippen LogP contribution in [-0.2, 0) is 13.1 Å². The molecule has 30 heavy (non-hydrogen) atoms. The number of phenols is 1. The Hall–Kier alpha value is -2.28. The zero-order valence-electron chi connectivity index (χ0n) is 18.1. The zero-order chi connectivity index (χ0) is 21.3. The van der Waals surface area contributed by atoms with E-state index in [0.717, 1.165) is 43.9 Å². The van der Waals surface area contributed by atoms with Gasteiger partial charge in [-0.1, -0.05) is 30.3 Å². The van der Waals surface area contributed by atoms with Crippen LogP contribution in [0.15, 0.2) is 42.5 Å². The number of ether oxygens (including phenoxy) is 2. The predicted molar refractivity (Wildman–Crippen MR) is 118 cm³/mol. The summed E-state index contributed by atoms with van der Waals surface area (Å²) >= 11 is 0. The fraction of sp³-hybridized carbons (Fsp3) is 0.500. The number of aromatic hydroxyl groups is 1. The summed E-state index contributed by atoms with van der Waals surface area (Å²) in [7, 11) is 0. The van der Waals surface area contributed by atoms with Gasteiger partial charge >= 0.3 is 0 Å². The molecule has 0 spiro atoms. The van der Waals surface area contributed by atoms with Crippen LogP contribution in [0.2, 0.25) is 0 Å². The van der Waals surface area contributed by atoms with Crippen LogP contribution in [0, 0.1) is 0 Å². The Bertz CT molecular complexity index is 799. The molecule has 2 N–H and O–H groups in total. The Morgan fingerprint density at radius 1 is 0.900 bits per heavy atom. The quantitative estimate of drug-likeness (QED) is 0.622. The van der Waals surface area contributed by atoms with E-state index in [9.17, 15) is 10.2 Å². The van der Waals surface area contributed by atoms with Crippen molar-refractivity contribution in [1.82, 2.24) is 9.80 Å².